The van der Waals surface area contributed by atoms with Crippen LogP contribution in [0.25, 0.3) is 0 Å². The zero-order valence-electron chi connectivity index (χ0n) is 12.4. The molecule has 1 atom stereocenters. The molecule has 0 amide bonds. The van der Waals surface area contributed by atoms with Gasteiger partial charge in [-0.15, -0.1) is 0 Å². The Kier molecular flexibility index (Phi) is 4.76. The van der Waals surface area contributed by atoms with E-state index in [1.807, 2.05) is 4.90 Å². The highest BCUT2D eigenvalue weighted by molar-refractivity contribution is 5.40. The zero-order valence-corrected chi connectivity index (χ0v) is 12.4. The van der Waals surface area contributed by atoms with Crippen LogP contribution in [0.5, 0.6) is 0 Å². The van der Waals surface area contributed by atoms with Crippen LogP contribution in [-0.4, -0.2) is 35.6 Å². The molecule has 1 aromatic carbocycles. The van der Waals surface area contributed by atoms with Crippen molar-refractivity contribution in [2.24, 2.45) is 0 Å². The SMILES string of the molecule is Fc1ccc(CC2CN(c3cc(C(F)F)ncn3)CCN2)cc1. The van der Waals surface area contributed by atoms with Gasteiger partial charge in [0.05, 0.1) is 0 Å². The lowest BCUT2D eigenvalue weighted by atomic mass is 10.0. The molecule has 1 fully saturated rings. The van der Waals surface area contributed by atoms with Gasteiger partial charge < -0.3 is 10.2 Å². The summed E-state index contributed by atoms with van der Waals surface area (Å²) in [7, 11) is 0. The molecule has 7 heteroatoms. The molecule has 2 aromatic rings. The topological polar surface area (TPSA) is 41.1 Å². The second-order valence-electron chi connectivity index (χ2n) is 5.53. The molecule has 1 aliphatic heterocycles. The van der Waals surface area contributed by atoms with Gasteiger partial charge in [0.15, 0.2) is 0 Å². The van der Waals surface area contributed by atoms with Crippen molar-refractivity contribution in [2.45, 2.75) is 18.9 Å². The first kappa shape index (κ1) is 15.7. The summed E-state index contributed by atoms with van der Waals surface area (Å²) in [4.78, 5) is 9.66. The minimum Gasteiger partial charge on any atom is -0.354 e. The fraction of sp³-hybridized carbons (Fsp3) is 0.375. The Morgan fingerprint density at radius 2 is 2.00 bits per heavy atom. The van der Waals surface area contributed by atoms with Crippen LogP contribution in [0.15, 0.2) is 36.7 Å². The van der Waals surface area contributed by atoms with E-state index in [0.29, 0.717) is 18.9 Å². The summed E-state index contributed by atoms with van der Waals surface area (Å²) in [5.74, 6) is 0.258. The summed E-state index contributed by atoms with van der Waals surface area (Å²) in [6.07, 6.45) is -0.688. The second-order valence-corrected chi connectivity index (χ2v) is 5.53. The lowest BCUT2D eigenvalue weighted by Gasteiger charge is -2.34. The average Bonchev–Trinajstić information content (AvgIpc) is 2.57. The van der Waals surface area contributed by atoms with Gasteiger partial charge in [0.1, 0.15) is 23.7 Å². The number of benzene rings is 1. The quantitative estimate of drug-likeness (QED) is 0.939. The van der Waals surface area contributed by atoms with Crippen molar-refractivity contribution in [1.82, 2.24) is 15.3 Å². The average molecular weight is 322 g/mol. The Morgan fingerprint density at radius 3 is 2.74 bits per heavy atom. The van der Waals surface area contributed by atoms with E-state index in [1.165, 1.54) is 24.5 Å². The molecule has 0 spiro atoms. The third-order valence-corrected chi connectivity index (χ3v) is 3.87. The maximum Gasteiger partial charge on any atom is 0.280 e. The molecule has 122 valence electrons. The lowest BCUT2D eigenvalue weighted by Crippen LogP contribution is -2.52. The van der Waals surface area contributed by atoms with Crippen molar-refractivity contribution < 1.29 is 13.2 Å². The molecule has 0 radical (unpaired) electrons. The van der Waals surface area contributed by atoms with Crippen molar-refractivity contribution in [3.63, 3.8) is 0 Å². The first-order chi connectivity index (χ1) is 11.1. The van der Waals surface area contributed by atoms with Crippen molar-refractivity contribution >= 4 is 5.82 Å². The van der Waals surface area contributed by atoms with E-state index in [9.17, 15) is 13.2 Å². The fourth-order valence-corrected chi connectivity index (χ4v) is 2.73. The van der Waals surface area contributed by atoms with Crippen LogP contribution in [0.4, 0.5) is 19.0 Å². The van der Waals surface area contributed by atoms with E-state index in [2.05, 4.69) is 15.3 Å². The Balaban J connectivity index is 1.68. The van der Waals surface area contributed by atoms with Crippen LogP contribution in [-0.2, 0) is 6.42 Å². The van der Waals surface area contributed by atoms with Gasteiger partial charge in [0.2, 0.25) is 0 Å². The predicted octanol–water partition coefficient (Wildman–Crippen LogP) is 2.57. The van der Waals surface area contributed by atoms with E-state index in [1.54, 1.807) is 12.1 Å². The Bertz CT molecular complexity index is 648. The Hall–Kier alpha value is -2.15. The van der Waals surface area contributed by atoms with Crippen molar-refractivity contribution in [2.75, 3.05) is 24.5 Å². The highest BCUT2D eigenvalue weighted by atomic mass is 19.3. The fourth-order valence-electron chi connectivity index (χ4n) is 2.73. The number of aromatic nitrogens is 2. The number of halogens is 3. The highest BCUT2D eigenvalue weighted by Crippen LogP contribution is 2.21. The summed E-state index contributed by atoms with van der Waals surface area (Å²) < 4.78 is 38.5. The second kappa shape index (κ2) is 6.95. The standard InChI is InChI=1S/C16H17F3N4/c17-12-3-1-11(2-4-12)7-13-9-23(6-5-20-13)15-8-14(16(18)19)21-10-22-15/h1-4,8,10,13,16,20H,5-7,9H2. The van der Waals surface area contributed by atoms with Gasteiger partial charge in [-0.25, -0.2) is 23.1 Å². The minimum absolute atomic E-state index is 0.152. The number of anilines is 1. The predicted molar refractivity (Wildman–Crippen MR) is 81.1 cm³/mol. The highest BCUT2D eigenvalue weighted by Gasteiger charge is 2.22. The molecule has 1 unspecified atom stereocenters. The summed E-state index contributed by atoms with van der Waals surface area (Å²) >= 11 is 0. The monoisotopic (exact) mass is 322 g/mol. The van der Waals surface area contributed by atoms with Crippen LogP contribution in [0.1, 0.15) is 17.7 Å². The molecule has 1 aliphatic rings. The van der Waals surface area contributed by atoms with Crippen LogP contribution in [0.2, 0.25) is 0 Å². The smallest absolute Gasteiger partial charge is 0.280 e. The third kappa shape index (κ3) is 3.98. The number of hydrogen-bond donors (Lipinski definition) is 1. The lowest BCUT2D eigenvalue weighted by molar-refractivity contribution is 0.146. The summed E-state index contributed by atoms with van der Waals surface area (Å²) in [5, 5.41) is 3.39. The first-order valence-corrected chi connectivity index (χ1v) is 7.44. The number of nitrogens with one attached hydrogen (secondary N) is 1. The molecule has 0 aliphatic carbocycles. The minimum atomic E-state index is -2.60. The number of rotatable bonds is 4. The maximum atomic E-state index is 13.0. The molecule has 4 nitrogen and oxygen atoms in total. The normalized spacial score (nSPS) is 18.4. The number of nitrogens with zero attached hydrogens (tertiary/aromatic N) is 3. The van der Waals surface area contributed by atoms with Crippen molar-refractivity contribution in [1.29, 1.82) is 0 Å². The van der Waals surface area contributed by atoms with E-state index < -0.39 is 6.43 Å². The van der Waals surface area contributed by atoms with Gasteiger partial charge in [-0.05, 0) is 24.1 Å². The van der Waals surface area contributed by atoms with Crippen molar-refractivity contribution in [3.05, 3.63) is 53.7 Å². The molecule has 1 aromatic heterocycles. The van der Waals surface area contributed by atoms with Gasteiger partial charge in [0.25, 0.3) is 6.43 Å². The van der Waals surface area contributed by atoms with E-state index in [4.69, 9.17) is 0 Å². The molecule has 3 rings (SSSR count). The molecule has 0 bridgehead atoms. The maximum absolute atomic E-state index is 13.0. The third-order valence-electron chi connectivity index (χ3n) is 3.87. The molecule has 1 saturated heterocycles. The number of hydrogen-bond acceptors (Lipinski definition) is 4. The largest absolute Gasteiger partial charge is 0.354 e. The molecular formula is C16H17F3N4. The van der Waals surface area contributed by atoms with E-state index in [0.717, 1.165) is 18.5 Å². The van der Waals surface area contributed by atoms with Crippen LogP contribution >= 0.6 is 0 Å². The zero-order chi connectivity index (χ0) is 16.2. The summed E-state index contributed by atoms with van der Waals surface area (Å²) in [6, 6.07) is 7.89. The van der Waals surface area contributed by atoms with Crippen LogP contribution < -0.4 is 10.2 Å². The number of piperazine rings is 1. The van der Waals surface area contributed by atoms with Gasteiger partial charge in [-0.3, -0.25) is 0 Å². The Labute approximate surface area is 132 Å². The van der Waals surface area contributed by atoms with Gasteiger partial charge in [-0.1, -0.05) is 12.1 Å². The van der Waals surface area contributed by atoms with Gasteiger partial charge in [0, 0.05) is 31.7 Å². The van der Waals surface area contributed by atoms with Gasteiger partial charge in [-0.2, -0.15) is 0 Å². The first-order valence-electron chi connectivity index (χ1n) is 7.44. The molecular weight excluding hydrogens is 305 g/mol. The van der Waals surface area contributed by atoms with Crippen molar-refractivity contribution in [3.8, 4) is 0 Å². The van der Waals surface area contributed by atoms with Gasteiger partial charge >= 0.3 is 0 Å². The van der Waals surface area contributed by atoms with E-state index >= 15 is 0 Å². The molecule has 23 heavy (non-hydrogen) atoms. The Morgan fingerprint density at radius 1 is 1.22 bits per heavy atom. The van der Waals surface area contributed by atoms with E-state index in [-0.39, 0.29) is 17.6 Å². The van der Waals surface area contributed by atoms with Crippen LogP contribution in [0.3, 0.4) is 0 Å². The molecule has 0 saturated carbocycles. The van der Waals surface area contributed by atoms with Crippen LogP contribution in [0, 0.1) is 5.82 Å². The summed E-state index contributed by atoms with van der Waals surface area (Å²) in [5.41, 5.74) is 0.769. The number of alkyl halides is 2. The summed E-state index contributed by atoms with van der Waals surface area (Å²) in [6.45, 7) is 2.08. The molecule has 2 heterocycles. The molecule has 1 N–H and O–H groups in total.